The van der Waals surface area contributed by atoms with E-state index in [1.165, 1.54) is 5.56 Å². The lowest BCUT2D eigenvalue weighted by Gasteiger charge is -2.12. The number of halogens is 2. The van der Waals surface area contributed by atoms with Crippen LogP contribution in [0.25, 0.3) is 11.1 Å². The zero-order valence-electron chi connectivity index (χ0n) is 11.7. The van der Waals surface area contributed by atoms with Crippen molar-refractivity contribution in [1.29, 1.82) is 0 Å². The second-order valence-corrected chi connectivity index (χ2v) is 5.81. The van der Waals surface area contributed by atoms with Crippen LogP contribution in [0.15, 0.2) is 36.4 Å². The third-order valence-corrected chi connectivity index (χ3v) is 3.94. The van der Waals surface area contributed by atoms with Gasteiger partial charge in [-0.05, 0) is 31.3 Å². The molecule has 0 saturated carbocycles. The predicted octanol–water partition coefficient (Wildman–Crippen LogP) is 4.18. The van der Waals surface area contributed by atoms with Crippen molar-refractivity contribution < 1.29 is 0 Å². The van der Waals surface area contributed by atoms with E-state index >= 15 is 0 Å². The Morgan fingerprint density at radius 1 is 1.00 bits per heavy atom. The van der Waals surface area contributed by atoms with E-state index in [-0.39, 0.29) is 0 Å². The van der Waals surface area contributed by atoms with Crippen LogP contribution in [-0.4, -0.2) is 19.0 Å². The van der Waals surface area contributed by atoms with Gasteiger partial charge in [0, 0.05) is 29.2 Å². The second kappa shape index (κ2) is 6.59. The Kier molecular flexibility index (Phi) is 5.06. The molecule has 0 aromatic heterocycles. The minimum absolute atomic E-state index is 0.338. The molecule has 2 rings (SSSR count). The maximum atomic E-state index is 6.40. The van der Waals surface area contributed by atoms with E-state index in [0.29, 0.717) is 16.6 Å². The smallest absolute Gasteiger partial charge is 0.0544 e. The van der Waals surface area contributed by atoms with Crippen molar-refractivity contribution in [2.75, 3.05) is 14.1 Å². The van der Waals surface area contributed by atoms with Crippen LogP contribution in [0.1, 0.15) is 11.1 Å². The van der Waals surface area contributed by atoms with Crippen LogP contribution in [0, 0.1) is 0 Å². The Labute approximate surface area is 130 Å². The zero-order chi connectivity index (χ0) is 14.7. The highest BCUT2D eigenvalue weighted by atomic mass is 35.5. The van der Waals surface area contributed by atoms with Crippen molar-refractivity contribution in [1.82, 2.24) is 4.90 Å². The van der Waals surface area contributed by atoms with Crippen molar-refractivity contribution in [2.24, 2.45) is 5.73 Å². The van der Waals surface area contributed by atoms with Crippen LogP contribution in [0.5, 0.6) is 0 Å². The summed E-state index contributed by atoms with van der Waals surface area (Å²) in [6, 6.07) is 12.2. The normalized spacial score (nSPS) is 11.1. The third-order valence-electron chi connectivity index (χ3n) is 3.15. The summed E-state index contributed by atoms with van der Waals surface area (Å²) in [4.78, 5) is 2.14. The van der Waals surface area contributed by atoms with Crippen LogP contribution in [0.2, 0.25) is 10.0 Å². The summed E-state index contributed by atoms with van der Waals surface area (Å²) >= 11 is 12.5. The Morgan fingerprint density at radius 2 is 1.65 bits per heavy atom. The van der Waals surface area contributed by atoms with Crippen molar-refractivity contribution in [3.8, 4) is 11.1 Å². The molecule has 106 valence electrons. The first-order chi connectivity index (χ1) is 9.52. The number of hydrogen-bond acceptors (Lipinski definition) is 2. The van der Waals surface area contributed by atoms with Gasteiger partial charge < -0.3 is 10.6 Å². The first kappa shape index (κ1) is 15.3. The minimum Gasteiger partial charge on any atom is -0.326 e. The van der Waals surface area contributed by atoms with Crippen LogP contribution in [0.4, 0.5) is 0 Å². The highest BCUT2D eigenvalue weighted by Crippen LogP contribution is 2.34. The molecule has 0 aliphatic heterocycles. The van der Waals surface area contributed by atoms with Gasteiger partial charge in [0.1, 0.15) is 0 Å². The fourth-order valence-electron chi connectivity index (χ4n) is 2.16. The number of rotatable bonds is 4. The van der Waals surface area contributed by atoms with Crippen molar-refractivity contribution in [2.45, 2.75) is 13.1 Å². The molecule has 2 nitrogen and oxygen atoms in total. The molecule has 0 aliphatic rings. The molecule has 2 aromatic rings. The zero-order valence-corrected chi connectivity index (χ0v) is 13.2. The van der Waals surface area contributed by atoms with E-state index in [0.717, 1.165) is 23.2 Å². The maximum Gasteiger partial charge on any atom is 0.0544 e. The summed E-state index contributed by atoms with van der Waals surface area (Å²) in [6.45, 7) is 1.26. The Bertz CT molecular complexity index is 592. The topological polar surface area (TPSA) is 29.3 Å². The third kappa shape index (κ3) is 3.33. The number of hydrogen-bond donors (Lipinski definition) is 1. The van der Waals surface area contributed by atoms with Gasteiger partial charge >= 0.3 is 0 Å². The first-order valence-electron chi connectivity index (χ1n) is 6.44. The Morgan fingerprint density at radius 3 is 2.20 bits per heavy atom. The molecule has 0 amide bonds. The van der Waals surface area contributed by atoms with Crippen LogP contribution < -0.4 is 5.73 Å². The largest absolute Gasteiger partial charge is 0.326 e. The molecule has 20 heavy (non-hydrogen) atoms. The van der Waals surface area contributed by atoms with Crippen LogP contribution in [-0.2, 0) is 13.1 Å². The molecule has 0 atom stereocenters. The molecule has 2 aromatic carbocycles. The first-order valence-corrected chi connectivity index (χ1v) is 7.19. The van der Waals surface area contributed by atoms with Crippen molar-refractivity contribution in [3.63, 3.8) is 0 Å². The van der Waals surface area contributed by atoms with Gasteiger partial charge in [-0.1, -0.05) is 53.5 Å². The van der Waals surface area contributed by atoms with E-state index in [1.54, 1.807) is 0 Å². The Balaban J connectivity index is 2.37. The summed E-state index contributed by atoms with van der Waals surface area (Å²) in [7, 11) is 4.11. The molecule has 0 radical (unpaired) electrons. The highest BCUT2D eigenvalue weighted by Gasteiger charge is 2.11. The number of nitrogens with two attached hydrogens (primary N) is 1. The fourth-order valence-corrected chi connectivity index (χ4v) is 2.80. The quantitative estimate of drug-likeness (QED) is 0.918. The SMILES string of the molecule is CN(C)Cc1ccc(-c2ccc(Cl)c(CN)c2Cl)cc1. The molecule has 0 saturated heterocycles. The molecule has 0 heterocycles. The molecule has 0 fully saturated rings. The van der Waals surface area contributed by atoms with Gasteiger partial charge in [-0.3, -0.25) is 0 Å². The molecule has 0 unspecified atom stereocenters. The summed E-state index contributed by atoms with van der Waals surface area (Å²) in [5.41, 5.74) is 9.80. The summed E-state index contributed by atoms with van der Waals surface area (Å²) in [5.74, 6) is 0. The van der Waals surface area contributed by atoms with E-state index < -0.39 is 0 Å². The van der Waals surface area contributed by atoms with Crippen LogP contribution >= 0.6 is 23.2 Å². The number of nitrogens with zero attached hydrogens (tertiary/aromatic N) is 1. The van der Waals surface area contributed by atoms with E-state index in [4.69, 9.17) is 28.9 Å². The van der Waals surface area contributed by atoms with Gasteiger partial charge in [-0.15, -0.1) is 0 Å². The maximum absolute atomic E-state index is 6.40. The Hall–Kier alpha value is -1.06. The minimum atomic E-state index is 0.338. The predicted molar refractivity (Wildman–Crippen MR) is 87.2 cm³/mol. The highest BCUT2D eigenvalue weighted by molar-refractivity contribution is 6.37. The lowest BCUT2D eigenvalue weighted by Crippen LogP contribution is -2.10. The van der Waals surface area contributed by atoms with Gasteiger partial charge in [-0.25, -0.2) is 0 Å². The lowest BCUT2D eigenvalue weighted by atomic mass is 10.0. The summed E-state index contributed by atoms with van der Waals surface area (Å²) in [5, 5.41) is 1.26. The average molecular weight is 309 g/mol. The second-order valence-electron chi connectivity index (χ2n) is 5.03. The van der Waals surface area contributed by atoms with Crippen LogP contribution in [0.3, 0.4) is 0 Å². The van der Waals surface area contributed by atoms with E-state index in [9.17, 15) is 0 Å². The number of benzene rings is 2. The molecule has 0 bridgehead atoms. The molecular weight excluding hydrogens is 291 g/mol. The molecule has 0 aliphatic carbocycles. The molecule has 4 heteroatoms. The molecular formula is C16H18Cl2N2. The fraction of sp³-hybridized carbons (Fsp3) is 0.250. The average Bonchev–Trinajstić information content (AvgIpc) is 2.40. The van der Waals surface area contributed by atoms with Gasteiger partial charge in [0.15, 0.2) is 0 Å². The standard InChI is InChI=1S/C16H18Cl2N2/c1-20(2)10-11-3-5-12(6-4-11)13-7-8-15(17)14(9-19)16(13)18/h3-8H,9-10,19H2,1-2H3. The van der Waals surface area contributed by atoms with Gasteiger partial charge in [-0.2, -0.15) is 0 Å². The van der Waals surface area contributed by atoms with E-state index in [1.807, 2.05) is 12.1 Å². The van der Waals surface area contributed by atoms with Crippen molar-refractivity contribution in [3.05, 3.63) is 57.6 Å². The lowest BCUT2D eigenvalue weighted by molar-refractivity contribution is 0.402. The summed E-state index contributed by atoms with van der Waals surface area (Å²) in [6.07, 6.45) is 0. The van der Waals surface area contributed by atoms with Gasteiger partial charge in [0.2, 0.25) is 0 Å². The molecule has 2 N–H and O–H groups in total. The van der Waals surface area contributed by atoms with Gasteiger partial charge in [0.05, 0.1) is 5.02 Å². The van der Waals surface area contributed by atoms with E-state index in [2.05, 4.69) is 43.3 Å². The van der Waals surface area contributed by atoms with Crippen molar-refractivity contribution >= 4 is 23.2 Å². The summed E-state index contributed by atoms with van der Waals surface area (Å²) < 4.78 is 0. The van der Waals surface area contributed by atoms with Gasteiger partial charge in [0.25, 0.3) is 0 Å². The molecule has 0 spiro atoms. The monoisotopic (exact) mass is 308 g/mol.